The fourth-order valence-electron chi connectivity index (χ4n) is 2.99. The monoisotopic (exact) mass is 368 g/mol. The van der Waals surface area contributed by atoms with Crippen LogP contribution in [0.1, 0.15) is 12.8 Å². The van der Waals surface area contributed by atoms with Gasteiger partial charge in [0, 0.05) is 18.8 Å². The molecule has 0 atom stereocenters. The molecule has 2 heterocycles. The van der Waals surface area contributed by atoms with E-state index in [1.165, 1.54) is 29.9 Å². The number of azo groups is 1. The van der Waals surface area contributed by atoms with Crippen molar-refractivity contribution in [2.45, 2.75) is 12.8 Å². The number of rotatable bonds is 6. The lowest BCUT2D eigenvalue weighted by molar-refractivity contribution is 0.201. The predicted molar refractivity (Wildman–Crippen MR) is 104 cm³/mol. The highest BCUT2D eigenvalue weighted by Gasteiger charge is 2.11. The van der Waals surface area contributed by atoms with Crippen LogP contribution >= 0.6 is 11.3 Å². The van der Waals surface area contributed by atoms with E-state index in [0.717, 1.165) is 34.7 Å². The summed E-state index contributed by atoms with van der Waals surface area (Å²) in [5, 5.41) is 18.0. The standard InChI is InChI=1S/C19H20N4O2S/c24-11-12-25-16-7-8-17-18(13-16)26-19(20-17)22-21-14-3-5-15(6-4-14)23-9-1-2-10-23/h3-8,13,24H,1-2,9-12H2. The lowest BCUT2D eigenvalue weighted by Crippen LogP contribution is -2.17. The van der Waals surface area contributed by atoms with E-state index in [1.807, 2.05) is 30.3 Å². The van der Waals surface area contributed by atoms with Crippen LogP contribution in [0.3, 0.4) is 0 Å². The number of hydrogen-bond donors (Lipinski definition) is 1. The number of fused-ring (bicyclic) bond motifs is 1. The highest BCUT2D eigenvalue weighted by molar-refractivity contribution is 7.21. The van der Waals surface area contributed by atoms with Crippen molar-refractivity contribution in [1.29, 1.82) is 0 Å². The average Bonchev–Trinajstić information content (AvgIpc) is 3.34. The molecule has 6 nitrogen and oxygen atoms in total. The van der Waals surface area contributed by atoms with E-state index < -0.39 is 0 Å². The summed E-state index contributed by atoms with van der Waals surface area (Å²) in [4.78, 5) is 6.87. The first-order chi connectivity index (χ1) is 12.8. The van der Waals surface area contributed by atoms with E-state index in [0.29, 0.717) is 5.13 Å². The molecule has 0 aliphatic carbocycles. The van der Waals surface area contributed by atoms with Gasteiger partial charge in [0.2, 0.25) is 5.13 Å². The lowest BCUT2D eigenvalue weighted by Gasteiger charge is -2.17. The second-order valence-electron chi connectivity index (χ2n) is 6.11. The molecule has 1 aromatic heterocycles. The van der Waals surface area contributed by atoms with Gasteiger partial charge in [0.25, 0.3) is 0 Å². The van der Waals surface area contributed by atoms with Gasteiger partial charge in [-0.2, -0.15) is 0 Å². The number of aromatic nitrogens is 1. The molecule has 2 aromatic carbocycles. The highest BCUT2D eigenvalue weighted by atomic mass is 32.1. The predicted octanol–water partition coefficient (Wildman–Crippen LogP) is 4.68. The van der Waals surface area contributed by atoms with Gasteiger partial charge in [-0.25, -0.2) is 4.98 Å². The van der Waals surface area contributed by atoms with Crippen LogP contribution in [0.4, 0.5) is 16.5 Å². The Morgan fingerprint density at radius 3 is 2.65 bits per heavy atom. The first-order valence-corrected chi connectivity index (χ1v) is 9.54. The maximum atomic E-state index is 8.84. The third-order valence-electron chi connectivity index (χ3n) is 4.28. The Kier molecular flexibility index (Phi) is 5.08. The van der Waals surface area contributed by atoms with Gasteiger partial charge in [-0.3, -0.25) is 0 Å². The van der Waals surface area contributed by atoms with Gasteiger partial charge in [0.15, 0.2) is 0 Å². The van der Waals surface area contributed by atoms with Crippen molar-refractivity contribution in [2.75, 3.05) is 31.2 Å². The Hall–Kier alpha value is -2.51. The normalized spacial score (nSPS) is 14.6. The quantitative estimate of drug-likeness (QED) is 0.641. The second-order valence-corrected chi connectivity index (χ2v) is 7.12. The van der Waals surface area contributed by atoms with Gasteiger partial charge >= 0.3 is 0 Å². The zero-order valence-corrected chi connectivity index (χ0v) is 15.2. The summed E-state index contributed by atoms with van der Waals surface area (Å²) in [6.45, 7) is 2.55. The number of nitrogens with zero attached hydrogens (tertiary/aromatic N) is 4. The van der Waals surface area contributed by atoms with Gasteiger partial charge < -0.3 is 14.7 Å². The molecule has 0 bridgehead atoms. The molecular weight excluding hydrogens is 348 g/mol. The molecule has 3 aromatic rings. The van der Waals surface area contributed by atoms with Crippen molar-refractivity contribution in [1.82, 2.24) is 4.98 Å². The average molecular weight is 368 g/mol. The van der Waals surface area contributed by atoms with Crippen LogP contribution in [-0.4, -0.2) is 36.4 Å². The van der Waals surface area contributed by atoms with Crippen LogP contribution in [0, 0.1) is 0 Å². The topological polar surface area (TPSA) is 70.3 Å². The van der Waals surface area contributed by atoms with Crippen molar-refractivity contribution in [3.8, 4) is 5.75 Å². The lowest BCUT2D eigenvalue weighted by atomic mass is 10.2. The molecule has 134 valence electrons. The fourth-order valence-corrected chi connectivity index (χ4v) is 3.81. The first kappa shape index (κ1) is 16.9. The SMILES string of the molecule is OCCOc1ccc2nc(N=Nc3ccc(N4CCCC4)cc3)sc2c1. The molecule has 0 amide bonds. The van der Waals surface area contributed by atoms with E-state index in [2.05, 4.69) is 32.2 Å². The smallest absolute Gasteiger partial charge is 0.231 e. The second kappa shape index (κ2) is 7.80. The number of thiazole rings is 1. The van der Waals surface area contributed by atoms with Gasteiger partial charge in [-0.1, -0.05) is 11.3 Å². The summed E-state index contributed by atoms with van der Waals surface area (Å²) in [5.74, 6) is 0.719. The number of aliphatic hydroxyl groups excluding tert-OH is 1. The Morgan fingerprint density at radius 1 is 1.08 bits per heavy atom. The van der Waals surface area contributed by atoms with Crippen molar-refractivity contribution < 1.29 is 9.84 Å². The molecule has 1 aliphatic heterocycles. The molecule has 1 saturated heterocycles. The molecule has 26 heavy (non-hydrogen) atoms. The number of aliphatic hydroxyl groups is 1. The zero-order valence-electron chi connectivity index (χ0n) is 14.3. The molecule has 0 spiro atoms. The van der Waals surface area contributed by atoms with Crippen LogP contribution in [0.5, 0.6) is 5.75 Å². The van der Waals surface area contributed by atoms with Gasteiger partial charge in [0.05, 0.1) is 22.5 Å². The van der Waals surface area contributed by atoms with Crippen LogP contribution < -0.4 is 9.64 Å². The molecule has 0 radical (unpaired) electrons. The third-order valence-corrected chi connectivity index (χ3v) is 5.18. The van der Waals surface area contributed by atoms with Crippen LogP contribution in [-0.2, 0) is 0 Å². The fraction of sp³-hybridized carbons (Fsp3) is 0.316. The zero-order chi connectivity index (χ0) is 17.8. The Morgan fingerprint density at radius 2 is 1.88 bits per heavy atom. The van der Waals surface area contributed by atoms with Crippen molar-refractivity contribution >= 4 is 38.1 Å². The van der Waals surface area contributed by atoms with E-state index in [-0.39, 0.29) is 13.2 Å². The van der Waals surface area contributed by atoms with Crippen LogP contribution in [0.15, 0.2) is 52.7 Å². The Balaban J connectivity index is 1.47. The Labute approximate surface area is 155 Å². The molecule has 0 unspecified atom stereocenters. The summed E-state index contributed by atoms with van der Waals surface area (Å²) in [6, 6.07) is 13.8. The molecule has 4 rings (SSSR count). The van der Waals surface area contributed by atoms with E-state index in [1.54, 1.807) is 0 Å². The summed E-state index contributed by atoms with van der Waals surface area (Å²) < 4.78 is 6.41. The molecule has 1 aliphatic rings. The molecule has 0 saturated carbocycles. The maximum Gasteiger partial charge on any atom is 0.231 e. The molecule has 1 fully saturated rings. The maximum absolute atomic E-state index is 8.84. The minimum atomic E-state index is -0.00323. The molecule has 7 heteroatoms. The van der Waals surface area contributed by atoms with Crippen LogP contribution in [0.25, 0.3) is 10.2 Å². The van der Waals surface area contributed by atoms with Crippen molar-refractivity contribution in [3.63, 3.8) is 0 Å². The number of hydrogen-bond acceptors (Lipinski definition) is 7. The minimum absolute atomic E-state index is 0.00323. The summed E-state index contributed by atoms with van der Waals surface area (Å²) in [6.07, 6.45) is 2.54. The number of benzene rings is 2. The van der Waals surface area contributed by atoms with Gasteiger partial charge in [0.1, 0.15) is 12.4 Å². The molecular formula is C19H20N4O2S. The third kappa shape index (κ3) is 3.84. The van der Waals surface area contributed by atoms with Crippen molar-refractivity contribution in [2.24, 2.45) is 10.2 Å². The van der Waals surface area contributed by atoms with Gasteiger partial charge in [-0.15, -0.1) is 10.2 Å². The Bertz CT molecular complexity index is 902. The van der Waals surface area contributed by atoms with E-state index in [9.17, 15) is 0 Å². The van der Waals surface area contributed by atoms with E-state index in [4.69, 9.17) is 9.84 Å². The first-order valence-electron chi connectivity index (χ1n) is 8.73. The number of ether oxygens (including phenoxy) is 1. The summed E-state index contributed by atoms with van der Waals surface area (Å²) in [7, 11) is 0. The summed E-state index contributed by atoms with van der Waals surface area (Å²) >= 11 is 1.47. The largest absolute Gasteiger partial charge is 0.491 e. The van der Waals surface area contributed by atoms with Gasteiger partial charge in [-0.05, 0) is 55.3 Å². The molecule has 1 N–H and O–H groups in total. The number of anilines is 1. The summed E-state index contributed by atoms with van der Waals surface area (Å²) in [5.41, 5.74) is 2.93. The van der Waals surface area contributed by atoms with E-state index >= 15 is 0 Å². The van der Waals surface area contributed by atoms with Crippen LogP contribution in [0.2, 0.25) is 0 Å². The minimum Gasteiger partial charge on any atom is -0.491 e. The highest BCUT2D eigenvalue weighted by Crippen LogP contribution is 2.32. The van der Waals surface area contributed by atoms with Crippen molar-refractivity contribution in [3.05, 3.63) is 42.5 Å².